The van der Waals surface area contributed by atoms with Crippen LogP contribution in [0.3, 0.4) is 0 Å². The third-order valence-corrected chi connectivity index (χ3v) is 5.26. The van der Waals surface area contributed by atoms with Gasteiger partial charge >= 0.3 is 0 Å². The number of carbonyl (C=O) groups excluding carboxylic acids is 1. The van der Waals surface area contributed by atoms with Gasteiger partial charge in [0, 0.05) is 35.6 Å². The molecule has 1 heterocycles. The van der Waals surface area contributed by atoms with E-state index in [1.807, 2.05) is 66.9 Å². The van der Waals surface area contributed by atoms with Crippen molar-refractivity contribution in [2.45, 2.75) is 32.9 Å². The minimum Gasteiger partial charge on any atom is -0.494 e. The van der Waals surface area contributed by atoms with E-state index in [-0.39, 0.29) is 5.91 Å². The Balaban J connectivity index is 1.70. The van der Waals surface area contributed by atoms with Crippen molar-refractivity contribution in [3.63, 3.8) is 0 Å². The van der Waals surface area contributed by atoms with Crippen molar-refractivity contribution >= 4 is 17.5 Å². The molecule has 0 aliphatic rings. The van der Waals surface area contributed by atoms with E-state index in [0.29, 0.717) is 31.8 Å². The fraction of sp³-hybridized carbons (Fsp3) is 0.269. The van der Waals surface area contributed by atoms with Crippen LogP contribution in [0.5, 0.6) is 5.75 Å². The van der Waals surface area contributed by atoms with Crippen LogP contribution < -0.4 is 4.74 Å². The Hall–Kier alpha value is -2.98. The number of benzene rings is 2. The van der Waals surface area contributed by atoms with Gasteiger partial charge in [0.05, 0.1) is 13.2 Å². The van der Waals surface area contributed by atoms with Crippen LogP contribution >= 0.6 is 11.6 Å². The van der Waals surface area contributed by atoms with Crippen molar-refractivity contribution in [3.8, 4) is 5.75 Å². The normalized spacial score (nSPS) is 10.6. The SMILES string of the molecule is C=CCN(Cc1cccn1Cc1cccc(Cl)c1)C(=O)c1ccc(OCCCC)cc1. The van der Waals surface area contributed by atoms with E-state index in [9.17, 15) is 4.79 Å². The molecule has 0 saturated heterocycles. The van der Waals surface area contributed by atoms with Crippen molar-refractivity contribution in [3.05, 3.63) is 101 Å². The molecule has 0 bridgehead atoms. The molecular weight excluding hydrogens is 408 g/mol. The van der Waals surface area contributed by atoms with E-state index >= 15 is 0 Å². The number of aromatic nitrogens is 1. The van der Waals surface area contributed by atoms with Crippen molar-refractivity contribution in [2.75, 3.05) is 13.2 Å². The predicted molar refractivity (Wildman–Crippen MR) is 127 cm³/mol. The quantitative estimate of drug-likeness (QED) is 0.265. The van der Waals surface area contributed by atoms with E-state index < -0.39 is 0 Å². The van der Waals surface area contributed by atoms with E-state index in [1.165, 1.54) is 0 Å². The number of hydrogen-bond acceptors (Lipinski definition) is 2. The molecule has 0 spiro atoms. The summed E-state index contributed by atoms with van der Waals surface area (Å²) in [5.74, 6) is 0.756. The first kappa shape index (κ1) is 22.7. The number of carbonyl (C=O) groups is 1. The number of ether oxygens (including phenoxy) is 1. The summed E-state index contributed by atoms with van der Waals surface area (Å²) in [5, 5.41) is 0.719. The molecule has 1 amide bonds. The number of hydrogen-bond donors (Lipinski definition) is 0. The van der Waals surface area contributed by atoms with Crippen molar-refractivity contribution in [1.82, 2.24) is 9.47 Å². The largest absolute Gasteiger partial charge is 0.494 e. The molecule has 3 rings (SSSR count). The van der Waals surface area contributed by atoms with E-state index in [2.05, 4.69) is 18.1 Å². The second-order valence-corrected chi connectivity index (χ2v) is 7.89. The van der Waals surface area contributed by atoms with Gasteiger partial charge in [0.15, 0.2) is 0 Å². The lowest BCUT2D eigenvalue weighted by atomic mass is 10.1. The molecule has 3 aromatic rings. The van der Waals surface area contributed by atoms with Crippen molar-refractivity contribution < 1.29 is 9.53 Å². The summed E-state index contributed by atoms with van der Waals surface area (Å²) in [6, 6.07) is 19.2. The zero-order chi connectivity index (χ0) is 22.1. The number of amides is 1. The van der Waals surface area contributed by atoms with Gasteiger partial charge in [0.25, 0.3) is 5.91 Å². The molecule has 31 heavy (non-hydrogen) atoms. The molecule has 0 N–H and O–H groups in total. The number of nitrogens with zero attached hydrogens (tertiary/aromatic N) is 2. The summed E-state index contributed by atoms with van der Waals surface area (Å²) >= 11 is 6.12. The molecule has 0 aliphatic carbocycles. The zero-order valence-corrected chi connectivity index (χ0v) is 18.7. The lowest BCUT2D eigenvalue weighted by Gasteiger charge is -2.22. The standard InChI is InChI=1S/C26H29ClN2O2/c1-3-5-17-31-25-13-11-22(12-14-25)26(30)29(15-4-2)20-24-10-7-16-28(24)19-21-8-6-9-23(27)18-21/h4,6-14,16,18H,2-3,5,15,17,19-20H2,1H3. The fourth-order valence-electron chi connectivity index (χ4n) is 3.36. The van der Waals surface area contributed by atoms with Crippen LogP contribution in [0.4, 0.5) is 0 Å². The number of unbranched alkanes of at least 4 members (excludes halogenated alkanes) is 1. The lowest BCUT2D eigenvalue weighted by molar-refractivity contribution is 0.0759. The Kier molecular flexibility index (Phi) is 8.36. The van der Waals surface area contributed by atoms with E-state index in [4.69, 9.17) is 16.3 Å². The Bertz CT molecular complexity index is 995. The third kappa shape index (κ3) is 6.50. The summed E-state index contributed by atoms with van der Waals surface area (Å²) < 4.78 is 7.84. The smallest absolute Gasteiger partial charge is 0.254 e. The molecule has 2 aromatic carbocycles. The van der Waals surface area contributed by atoms with Gasteiger partial charge in [-0.3, -0.25) is 4.79 Å². The van der Waals surface area contributed by atoms with Gasteiger partial charge in [-0.2, -0.15) is 0 Å². The molecule has 0 atom stereocenters. The molecule has 5 heteroatoms. The van der Waals surface area contributed by atoms with Crippen LogP contribution in [0.1, 0.15) is 41.4 Å². The summed E-state index contributed by atoms with van der Waals surface area (Å²) in [6.45, 7) is 8.31. The molecule has 0 unspecified atom stereocenters. The van der Waals surface area contributed by atoms with Crippen LogP contribution in [-0.4, -0.2) is 28.5 Å². The van der Waals surface area contributed by atoms with Gasteiger partial charge in [0.2, 0.25) is 0 Å². The maximum absolute atomic E-state index is 13.2. The first-order valence-electron chi connectivity index (χ1n) is 10.6. The minimum atomic E-state index is -0.0319. The Labute approximate surface area is 189 Å². The van der Waals surface area contributed by atoms with Crippen molar-refractivity contribution in [1.29, 1.82) is 0 Å². The Morgan fingerprint density at radius 3 is 2.68 bits per heavy atom. The highest BCUT2D eigenvalue weighted by atomic mass is 35.5. The molecule has 162 valence electrons. The Morgan fingerprint density at radius 2 is 1.97 bits per heavy atom. The lowest BCUT2D eigenvalue weighted by Crippen LogP contribution is -2.31. The summed E-state index contributed by atoms with van der Waals surface area (Å²) in [6.07, 6.45) is 5.88. The summed E-state index contributed by atoms with van der Waals surface area (Å²) in [4.78, 5) is 15.0. The van der Waals surface area contributed by atoms with E-state index in [0.717, 1.165) is 34.9 Å². The molecule has 0 radical (unpaired) electrons. The molecule has 1 aromatic heterocycles. The van der Waals surface area contributed by atoms with Crippen LogP contribution in [-0.2, 0) is 13.1 Å². The van der Waals surface area contributed by atoms with Crippen LogP contribution in [0.15, 0.2) is 79.5 Å². The minimum absolute atomic E-state index is 0.0319. The summed E-state index contributed by atoms with van der Waals surface area (Å²) in [5.41, 5.74) is 2.80. The topological polar surface area (TPSA) is 34.5 Å². The van der Waals surface area contributed by atoms with Gasteiger partial charge in [0.1, 0.15) is 5.75 Å². The highest BCUT2D eigenvalue weighted by molar-refractivity contribution is 6.30. The predicted octanol–water partition coefficient (Wildman–Crippen LogP) is 6.20. The molecule has 0 aliphatic heterocycles. The average molecular weight is 437 g/mol. The average Bonchev–Trinajstić information content (AvgIpc) is 3.20. The van der Waals surface area contributed by atoms with E-state index in [1.54, 1.807) is 11.0 Å². The molecule has 0 saturated carbocycles. The second kappa shape index (κ2) is 11.4. The maximum Gasteiger partial charge on any atom is 0.254 e. The van der Waals surface area contributed by atoms with Crippen LogP contribution in [0.25, 0.3) is 0 Å². The number of halogens is 1. The van der Waals surface area contributed by atoms with Gasteiger partial charge in [-0.05, 0) is 60.5 Å². The molecular formula is C26H29ClN2O2. The maximum atomic E-state index is 13.2. The third-order valence-electron chi connectivity index (χ3n) is 5.02. The highest BCUT2D eigenvalue weighted by Gasteiger charge is 2.17. The van der Waals surface area contributed by atoms with Crippen molar-refractivity contribution in [2.24, 2.45) is 0 Å². The van der Waals surface area contributed by atoms with Gasteiger partial charge < -0.3 is 14.2 Å². The highest BCUT2D eigenvalue weighted by Crippen LogP contribution is 2.18. The summed E-state index contributed by atoms with van der Waals surface area (Å²) in [7, 11) is 0. The molecule has 0 fully saturated rings. The first-order chi connectivity index (χ1) is 15.1. The first-order valence-corrected chi connectivity index (χ1v) is 11.0. The number of rotatable bonds is 11. The zero-order valence-electron chi connectivity index (χ0n) is 18.0. The van der Waals surface area contributed by atoms with Crippen LogP contribution in [0, 0.1) is 0 Å². The molecule has 4 nitrogen and oxygen atoms in total. The van der Waals surface area contributed by atoms with Gasteiger partial charge in [-0.1, -0.05) is 43.2 Å². The Morgan fingerprint density at radius 1 is 1.16 bits per heavy atom. The van der Waals surface area contributed by atoms with Gasteiger partial charge in [-0.15, -0.1) is 6.58 Å². The monoisotopic (exact) mass is 436 g/mol. The fourth-order valence-corrected chi connectivity index (χ4v) is 3.57. The second-order valence-electron chi connectivity index (χ2n) is 7.46. The van der Waals surface area contributed by atoms with Gasteiger partial charge in [-0.25, -0.2) is 0 Å². The van der Waals surface area contributed by atoms with Crippen LogP contribution in [0.2, 0.25) is 5.02 Å².